The third kappa shape index (κ3) is 4.45. The van der Waals surface area contributed by atoms with Crippen LogP contribution in [0.3, 0.4) is 0 Å². The Morgan fingerprint density at radius 2 is 2.00 bits per heavy atom. The normalized spacial score (nSPS) is 10.8. The second-order valence-corrected chi connectivity index (χ2v) is 5.33. The fourth-order valence-corrected chi connectivity index (χ4v) is 2.27. The van der Waals surface area contributed by atoms with Gasteiger partial charge in [0.05, 0.1) is 6.21 Å². The minimum Gasteiger partial charge on any atom is -0.455 e. The quantitative estimate of drug-likeness (QED) is 0.513. The van der Waals surface area contributed by atoms with Crippen molar-refractivity contribution in [1.82, 2.24) is 10.3 Å². The maximum Gasteiger partial charge on any atom is 0.329 e. The van der Waals surface area contributed by atoms with Crippen LogP contribution in [0, 0.1) is 0 Å². The van der Waals surface area contributed by atoms with Gasteiger partial charge in [-0.05, 0) is 38.1 Å². The van der Waals surface area contributed by atoms with Crippen LogP contribution in [0.4, 0.5) is 0 Å². The lowest BCUT2D eigenvalue weighted by atomic mass is 10.2. The molecule has 0 fully saturated rings. The van der Waals surface area contributed by atoms with Crippen molar-refractivity contribution in [2.45, 2.75) is 13.8 Å². The summed E-state index contributed by atoms with van der Waals surface area (Å²) < 4.78 is 5.60. The average molecular weight is 348 g/mol. The molecule has 1 aromatic heterocycles. The van der Waals surface area contributed by atoms with Crippen molar-refractivity contribution in [3.05, 3.63) is 47.2 Å². The van der Waals surface area contributed by atoms with E-state index in [0.717, 1.165) is 5.56 Å². The average Bonchev–Trinajstić information content (AvgIpc) is 3.04. The first-order valence-corrected chi connectivity index (χ1v) is 7.91. The zero-order valence-electron chi connectivity index (χ0n) is 13.5. The van der Waals surface area contributed by atoms with E-state index >= 15 is 0 Å². The maximum atomic E-state index is 11.8. The van der Waals surface area contributed by atoms with E-state index in [2.05, 4.69) is 10.5 Å². The summed E-state index contributed by atoms with van der Waals surface area (Å²) in [5, 5.41) is 4.36. The molecule has 0 saturated heterocycles. The van der Waals surface area contributed by atoms with E-state index in [0.29, 0.717) is 29.6 Å². The van der Waals surface area contributed by atoms with Crippen molar-refractivity contribution in [2.24, 2.45) is 5.10 Å². The number of hydrogen-bond donors (Lipinski definition) is 1. The van der Waals surface area contributed by atoms with Crippen molar-refractivity contribution < 1.29 is 14.0 Å². The summed E-state index contributed by atoms with van der Waals surface area (Å²) in [5.41, 5.74) is 3.03. The van der Waals surface area contributed by atoms with Crippen molar-refractivity contribution in [3.8, 4) is 11.3 Å². The number of nitrogens with one attached hydrogen (secondary N) is 1. The molecule has 0 unspecified atom stereocenters. The van der Waals surface area contributed by atoms with Gasteiger partial charge in [0.1, 0.15) is 11.5 Å². The molecular weight excluding hydrogens is 330 g/mol. The first-order valence-electron chi connectivity index (χ1n) is 7.53. The number of rotatable bonds is 5. The number of hydrazone groups is 1. The molecule has 1 heterocycles. The van der Waals surface area contributed by atoms with Gasteiger partial charge in [-0.3, -0.25) is 9.59 Å². The van der Waals surface area contributed by atoms with E-state index < -0.39 is 11.8 Å². The summed E-state index contributed by atoms with van der Waals surface area (Å²) in [6, 6.07) is 10.7. The Kier molecular flexibility index (Phi) is 6.14. The van der Waals surface area contributed by atoms with Gasteiger partial charge in [0, 0.05) is 23.7 Å². The fourth-order valence-electron chi connectivity index (χ4n) is 2.08. The highest BCUT2D eigenvalue weighted by atomic mass is 35.5. The van der Waals surface area contributed by atoms with Gasteiger partial charge in [0.15, 0.2) is 0 Å². The third-order valence-corrected chi connectivity index (χ3v) is 3.57. The number of likely N-dealkylation sites (N-methyl/N-ethyl adjacent to an activating group) is 1. The number of hydrogen-bond acceptors (Lipinski definition) is 4. The number of furan rings is 1. The van der Waals surface area contributed by atoms with Crippen molar-refractivity contribution in [3.63, 3.8) is 0 Å². The van der Waals surface area contributed by atoms with E-state index in [4.69, 9.17) is 16.0 Å². The smallest absolute Gasteiger partial charge is 0.329 e. The zero-order valence-corrected chi connectivity index (χ0v) is 14.2. The highest BCUT2D eigenvalue weighted by Gasteiger charge is 2.18. The molecule has 24 heavy (non-hydrogen) atoms. The lowest BCUT2D eigenvalue weighted by Gasteiger charge is -2.16. The largest absolute Gasteiger partial charge is 0.455 e. The van der Waals surface area contributed by atoms with Gasteiger partial charge in [-0.15, -0.1) is 0 Å². The molecule has 0 atom stereocenters. The molecule has 2 amide bonds. The Morgan fingerprint density at radius 3 is 2.67 bits per heavy atom. The highest BCUT2D eigenvalue weighted by Crippen LogP contribution is 2.24. The first-order chi connectivity index (χ1) is 11.5. The summed E-state index contributed by atoms with van der Waals surface area (Å²) in [7, 11) is 0. The van der Waals surface area contributed by atoms with Gasteiger partial charge in [-0.1, -0.05) is 23.7 Å². The molecule has 0 aliphatic rings. The minimum atomic E-state index is -0.781. The molecule has 0 aliphatic carbocycles. The van der Waals surface area contributed by atoms with Gasteiger partial charge < -0.3 is 9.32 Å². The second kappa shape index (κ2) is 8.31. The number of carbonyl (C=O) groups is 2. The number of carbonyl (C=O) groups excluding carboxylic acids is 2. The molecule has 2 aromatic rings. The Hall–Kier alpha value is -2.60. The predicted octanol–water partition coefficient (Wildman–Crippen LogP) is 2.92. The molecule has 0 aliphatic heterocycles. The van der Waals surface area contributed by atoms with Gasteiger partial charge in [-0.25, -0.2) is 5.43 Å². The van der Waals surface area contributed by atoms with Crippen molar-refractivity contribution >= 4 is 29.6 Å². The van der Waals surface area contributed by atoms with Crippen LogP contribution in [-0.4, -0.2) is 36.0 Å². The first kappa shape index (κ1) is 17.7. The van der Waals surface area contributed by atoms with Crippen molar-refractivity contribution in [2.75, 3.05) is 13.1 Å². The monoisotopic (exact) mass is 347 g/mol. The number of benzene rings is 1. The molecule has 0 spiro atoms. The Balaban J connectivity index is 1.98. The summed E-state index contributed by atoms with van der Waals surface area (Å²) in [5.74, 6) is -0.321. The predicted molar refractivity (Wildman–Crippen MR) is 92.8 cm³/mol. The molecule has 0 saturated carbocycles. The van der Waals surface area contributed by atoms with Crippen LogP contribution >= 0.6 is 11.6 Å². The standard InChI is InChI=1S/C17H18ClN3O3/c1-3-21(4-2)17(23)16(22)20-19-11-14-8-9-15(24-14)12-6-5-7-13(18)10-12/h5-11H,3-4H2,1-2H3,(H,20,22)/b19-11+. The van der Waals surface area contributed by atoms with Crippen LogP contribution in [-0.2, 0) is 9.59 Å². The molecule has 1 aromatic carbocycles. The van der Waals surface area contributed by atoms with Gasteiger partial charge in [0.25, 0.3) is 0 Å². The van der Waals surface area contributed by atoms with Crippen molar-refractivity contribution in [1.29, 1.82) is 0 Å². The van der Waals surface area contributed by atoms with Crippen LogP contribution in [0.2, 0.25) is 5.02 Å². The summed E-state index contributed by atoms with van der Waals surface area (Å²) >= 11 is 5.95. The summed E-state index contributed by atoms with van der Waals surface area (Å²) in [4.78, 5) is 24.9. The molecule has 6 nitrogen and oxygen atoms in total. The summed E-state index contributed by atoms with van der Waals surface area (Å²) in [6.45, 7) is 4.54. The van der Waals surface area contributed by atoms with E-state index in [1.807, 2.05) is 12.1 Å². The van der Waals surface area contributed by atoms with Crippen LogP contribution in [0.15, 0.2) is 45.9 Å². The van der Waals surface area contributed by atoms with Crippen LogP contribution in [0.5, 0.6) is 0 Å². The molecule has 126 valence electrons. The lowest BCUT2D eigenvalue weighted by molar-refractivity contribution is -0.145. The Morgan fingerprint density at radius 1 is 1.25 bits per heavy atom. The Labute approximate surface area is 145 Å². The number of amides is 2. The third-order valence-electron chi connectivity index (χ3n) is 3.34. The maximum absolute atomic E-state index is 11.8. The van der Waals surface area contributed by atoms with E-state index in [1.165, 1.54) is 11.1 Å². The molecule has 1 N–H and O–H groups in total. The lowest BCUT2D eigenvalue weighted by Crippen LogP contribution is -2.41. The van der Waals surface area contributed by atoms with Crippen LogP contribution in [0.25, 0.3) is 11.3 Å². The molecule has 2 rings (SSSR count). The highest BCUT2D eigenvalue weighted by molar-refractivity contribution is 6.35. The van der Waals surface area contributed by atoms with Gasteiger partial charge >= 0.3 is 11.8 Å². The van der Waals surface area contributed by atoms with Gasteiger partial charge in [-0.2, -0.15) is 5.10 Å². The molecule has 7 heteroatoms. The van der Waals surface area contributed by atoms with E-state index in [-0.39, 0.29) is 0 Å². The zero-order chi connectivity index (χ0) is 17.5. The van der Waals surface area contributed by atoms with E-state index in [9.17, 15) is 9.59 Å². The molecular formula is C17H18ClN3O3. The topological polar surface area (TPSA) is 74.9 Å². The number of nitrogens with zero attached hydrogens (tertiary/aromatic N) is 2. The van der Waals surface area contributed by atoms with E-state index in [1.54, 1.807) is 38.1 Å². The molecule has 0 radical (unpaired) electrons. The Bertz CT molecular complexity index is 751. The molecule has 0 bridgehead atoms. The number of halogens is 1. The van der Waals surface area contributed by atoms with Crippen LogP contribution in [0.1, 0.15) is 19.6 Å². The van der Waals surface area contributed by atoms with Crippen LogP contribution < -0.4 is 5.43 Å². The second-order valence-electron chi connectivity index (χ2n) is 4.89. The fraction of sp³-hybridized carbons (Fsp3) is 0.235. The summed E-state index contributed by atoms with van der Waals surface area (Å²) in [6.07, 6.45) is 1.33. The van der Waals surface area contributed by atoms with Gasteiger partial charge in [0.2, 0.25) is 0 Å². The SMILES string of the molecule is CCN(CC)C(=O)C(=O)N/N=C/c1ccc(-c2cccc(Cl)c2)o1. The minimum absolute atomic E-state index is 0.445.